The Hall–Kier alpha value is -6.88. The van der Waals surface area contributed by atoms with Crippen molar-refractivity contribution in [3.8, 4) is 17.8 Å². The van der Waals surface area contributed by atoms with Gasteiger partial charge in [0.1, 0.15) is 0 Å². The Kier molecular flexibility index (Phi) is 5.38. The van der Waals surface area contributed by atoms with E-state index in [0.29, 0.717) is 11.1 Å². The van der Waals surface area contributed by atoms with Crippen molar-refractivity contribution in [2.75, 3.05) is 0 Å². The maximum absolute atomic E-state index is 10.4. The highest BCUT2D eigenvalue weighted by Crippen LogP contribution is 2.37. The molecule has 0 saturated heterocycles. The van der Waals surface area contributed by atoms with Crippen LogP contribution in [0.3, 0.4) is 0 Å². The van der Waals surface area contributed by atoms with E-state index in [-0.39, 0.29) is 0 Å². The zero-order valence-electron chi connectivity index (χ0n) is 25.6. The van der Waals surface area contributed by atoms with Gasteiger partial charge >= 0.3 is 0 Å². The first kappa shape index (κ1) is 26.3. The van der Waals surface area contributed by atoms with Crippen LogP contribution in [0, 0.1) is 22.7 Å². The number of hydrogen-bond acceptors (Lipinski definition) is 2. The molecular formula is C44H24N4. The van der Waals surface area contributed by atoms with E-state index in [4.69, 9.17) is 0 Å². The van der Waals surface area contributed by atoms with Crippen LogP contribution in [0.25, 0.3) is 87.1 Å². The van der Waals surface area contributed by atoms with Crippen molar-refractivity contribution >= 4 is 81.4 Å². The topological polar surface area (TPSA) is 56.9 Å². The van der Waals surface area contributed by atoms with Crippen molar-refractivity contribution in [2.24, 2.45) is 0 Å². The summed E-state index contributed by atoms with van der Waals surface area (Å²) in [7, 11) is 0. The number of aromatic nitrogens is 2. The number of para-hydroxylation sites is 2. The zero-order chi connectivity index (χ0) is 31.9. The maximum Gasteiger partial charge on any atom is 0.0998 e. The molecule has 0 saturated carbocycles. The molecule has 0 amide bonds. The van der Waals surface area contributed by atoms with Crippen molar-refractivity contribution in [1.82, 2.24) is 8.97 Å². The predicted molar refractivity (Wildman–Crippen MR) is 198 cm³/mol. The van der Waals surface area contributed by atoms with Gasteiger partial charge in [-0.2, -0.15) is 10.5 Å². The standard InChI is InChI=1S/C44H24N4/c45-25-27-13-18-43-39(19-27)40-22-31(26-46)38-24-44(40)48(43)33-21-30(35-8-2-1-7-34(35)28-14-16-29(38)17-15-28)20-32(23-33)47-41-11-5-3-9-36(41)37-10-4-6-12-42(37)47/h1-24H. The monoisotopic (exact) mass is 608 g/mol. The van der Waals surface area contributed by atoms with Crippen LogP contribution in [0.15, 0.2) is 146 Å². The Balaban J connectivity index is 1.52. The molecule has 7 aromatic carbocycles. The number of nitrogens with zero attached hydrogens (tertiary/aromatic N) is 4. The van der Waals surface area contributed by atoms with Crippen molar-refractivity contribution in [2.45, 2.75) is 0 Å². The molecule has 220 valence electrons. The highest BCUT2D eigenvalue weighted by Gasteiger charge is 2.16. The Morgan fingerprint density at radius 1 is 0.396 bits per heavy atom. The number of hydrogen-bond donors (Lipinski definition) is 0. The first-order chi connectivity index (χ1) is 23.7. The minimum absolute atomic E-state index is 0.586. The van der Waals surface area contributed by atoms with Gasteiger partial charge in [-0.05, 0) is 87.6 Å². The summed E-state index contributed by atoms with van der Waals surface area (Å²) in [4.78, 5) is 0. The molecule has 4 nitrogen and oxygen atoms in total. The third-order valence-corrected chi connectivity index (χ3v) is 9.90. The Labute approximate surface area is 274 Å². The predicted octanol–water partition coefficient (Wildman–Crippen LogP) is 11.1. The lowest BCUT2D eigenvalue weighted by Gasteiger charge is -2.11. The largest absolute Gasteiger partial charge is 0.309 e. The summed E-state index contributed by atoms with van der Waals surface area (Å²) in [6.07, 6.45) is 0. The van der Waals surface area contributed by atoms with Gasteiger partial charge in [0.15, 0.2) is 0 Å². The van der Waals surface area contributed by atoms with Gasteiger partial charge < -0.3 is 8.97 Å². The number of fused-ring (bicyclic) bond motifs is 7. The molecule has 4 aromatic heterocycles. The number of benzene rings is 7. The van der Waals surface area contributed by atoms with E-state index in [1.165, 1.54) is 10.8 Å². The highest BCUT2D eigenvalue weighted by molar-refractivity contribution is 6.14. The van der Waals surface area contributed by atoms with E-state index < -0.39 is 0 Å². The lowest BCUT2D eigenvalue weighted by molar-refractivity contribution is 1.18. The average Bonchev–Trinajstić information content (AvgIpc) is 3.66. The molecule has 11 aromatic rings. The van der Waals surface area contributed by atoms with E-state index in [1.807, 2.05) is 24.3 Å². The van der Waals surface area contributed by atoms with Crippen LogP contribution in [-0.4, -0.2) is 8.97 Å². The van der Waals surface area contributed by atoms with Gasteiger partial charge in [0.2, 0.25) is 0 Å². The van der Waals surface area contributed by atoms with Crippen LogP contribution < -0.4 is 0 Å². The summed E-state index contributed by atoms with van der Waals surface area (Å²) in [5.41, 5.74) is 7.49. The molecule has 4 heteroatoms. The molecule has 4 heterocycles. The van der Waals surface area contributed by atoms with Crippen molar-refractivity contribution in [3.05, 3.63) is 157 Å². The molecule has 0 N–H and O–H groups in total. The molecular weight excluding hydrogens is 585 g/mol. The second-order valence-corrected chi connectivity index (χ2v) is 12.4. The second kappa shape index (κ2) is 9.81. The zero-order valence-corrected chi connectivity index (χ0v) is 25.6. The minimum atomic E-state index is 0.586. The van der Waals surface area contributed by atoms with E-state index in [9.17, 15) is 10.5 Å². The summed E-state index contributed by atoms with van der Waals surface area (Å²) >= 11 is 0. The van der Waals surface area contributed by atoms with Gasteiger partial charge in [0.05, 0.1) is 45.3 Å². The molecule has 6 bridgehead atoms. The van der Waals surface area contributed by atoms with Gasteiger partial charge in [-0.25, -0.2) is 0 Å². The summed E-state index contributed by atoms with van der Waals surface area (Å²) in [5.74, 6) is 0. The number of nitriles is 2. The fourth-order valence-corrected chi connectivity index (χ4v) is 7.77. The lowest BCUT2D eigenvalue weighted by atomic mass is 10.0. The quantitative estimate of drug-likeness (QED) is 0.186. The Morgan fingerprint density at radius 3 is 1.67 bits per heavy atom. The Morgan fingerprint density at radius 2 is 1.00 bits per heavy atom. The molecule has 0 fully saturated rings. The van der Waals surface area contributed by atoms with Crippen molar-refractivity contribution < 1.29 is 0 Å². The molecule has 48 heavy (non-hydrogen) atoms. The first-order valence-electron chi connectivity index (χ1n) is 16.0. The summed E-state index contributed by atoms with van der Waals surface area (Å²) in [5, 5.41) is 30.9. The van der Waals surface area contributed by atoms with Crippen molar-refractivity contribution in [1.29, 1.82) is 10.5 Å². The maximum atomic E-state index is 10.4. The van der Waals surface area contributed by atoms with Crippen LogP contribution in [0.1, 0.15) is 11.1 Å². The third kappa shape index (κ3) is 3.63. The molecule has 0 aliphatic carbocycles. The van der Waals surface area contributed by atoms with Gasteiger partial charge in [-0.1, -0.05) is 84.9 Å². The number of rotatable bonds is 1. The fraction of sp³-hybridized carbons (Fsp3) is 0. The molecule has 0 aliphatic heterocycles. The van der Waals surface area contributed by atoms with Crippen LogP contribution in [-0.2, 0) is 0 Å². The summed E-state index contributed by atoms with van der Waals surface area (Å²) < 4.78 is 4.67. The lowest BCUT2D eigenvalue weighted by Crippen LogP contribution is -1.95. The molecule has 0 radical (unpaired) electrons. The van der Waals surface area contributed by atoms with Gasteiger partial charge in [0.25, 0.3) is 0 Å². The normalized spacial score (nSPS) is 11.7. The van der Waals surface area contributed by atoms with Crippen molar-refractivity contribution in [3.63, 3.8) is 0 Å². The SMILES string of the molecule is N#Cc1ccc2c(c1)c1cc(C#N)c3cc1n2c1cc(-n2c4ccccc4c4ccccc42)cc(c1)c1ccccc1c1ccc3cc1. The van der Waals surface area contributed by atoms with E-state index in [0.717, 1.165) is 76.4 Å². The van der Waals surface area contributed by atoms with Crippen LogP contribution in [0.4, 0.5) is 0 Å². The molecule has 0 atom stereocenters. The van der Waals surface area contributed by atoms with Crippen LogP contribution in [0.2, 0.25) is 0 Å². The first-order valence-corrected chi connectivity index (χ1v) is 16.0. The van der Waals surface area contributed by atoms with Gasteiger partial charge in [0, 0.05) is 38.1 Å². The van der Waals surface area contributed by atoms with Gasteiger partial charge in [-0.15, -0.1) is 0 Å². The minimum Gasteiger partial charge on any atom is -0.309 e. The van der Waals surface area contributed by atoms with E-state index in [1.54, 1.807) is 0 Å². The molecule has 11 rings (SSSR count). The third-order valence-electron chi connectivity index (χ3n) is 9.90. The van der Waals surface area contributed by atoms with E-state index in [2.05, 4.69) is 142 Å². The average molecular weight is 609 g/mol. The van der Waals surface area contributed by atoms with Gasteiger partial charge in [-0.3, -0.25) is 0 Å². The van der Waals surface area contributed by atoms with Crippen LogP contribution in [0.5, 0.6) is 0 Å². The smallest absolute Gasteiger partial charge is 0.0998 e. The Bertz CT molecular complexity index is 3070. The van der Waals surface area contributed by atoms with E-state index >= 15 is 0 Å². The molecule has 0 spiro atoms. The summed E-state index contributed by atoms with van der Waals surface area (Å²) in [6.45, 7) is 0. The fourth-order valence-electron chi connectivity index (χ4n) is 7.77. The summed E-state index contributed by atoms with van der Waals surface area (Å²) in [6, 6.07) is 55.9. The molecule has 0 aliphatic rings. The second-order valence-electron chi connectivity index (χ2n) is 12.4. The molecule has 0 unspecified atom stereocenters. The highest BCUT2D eigenvalue weighted by atomic mass is 15.0. The van der Waals surface area contributed by atoms with Crippen LogP contribution >= 0.6 is 0 Å².